The smallest absolute Gasteiger partial charge is 0.328 e. The summed E-state index contributed by atoms with van der Waals surface area (Å²) in [7, 11) is 0. The van der Waals surface area contributed by atoms with Crippen molar-refractivity contribution in [2.24, 2.45) is 5.41 Å². The Labute approximate surface area is 190 Å². The molecule has 1 amide bonds. The Bertz CT molecular complexity index is 884. The van der Waals surface area contributed by atoms with E-state index in [0.717, 1.165) is 0 Å². The molecule has 0 aromatic heterocycles. The van der Waals surface area contributed by atoms with Gasteiger partial charge in [-0.3, -0.25) is 9.59 Å². The van der Waals surface area contributed by atoms with Gasteiger partial charge in [0.25, 0.3) is 5.91 Å². The fourth-order valence-corrected chi connectivity index (χ4v) is 4.11. The van der Waals surface area contributed by atoms with E-state index in [1.165, 1.54) is 16.0 Å². The van der Waals surface area contributed by atoms with Gasteiger partial charge in [-0.15, -0.1) is 0 Å². The number of esters is 1. The molecular formula is C27H33NO4. The number of ether oxygens (including phenoxy) is 1. The second-order valence-corrected chi connectivity index (χ2v) is 9.05. The van der Waals surface area contributed by atoms with Gasteiger partial charge in [0.05, 0.1) is 6.61 Å². The van der Waals surface area contributed by atoms with Crippen molar-refractivity contribution in [3.63, 3.8) is 0 Å². The van der Waals surface area contributed by atoms with E-state index in [1.807, 2.05) is 43.3 Å². The van der Waals surface area contributed by atoms with Crippen LogP contribution in [0.25, 0.3) is 0 Å². The first kappa shape index (κ1) is 23.7. The van der Waals surface area contributed by atoms with Crippen LogP contribution in [0.2, 0.25) is 0 Å². The molecule has 1 aliphatic rings. The Kier molecular flexibility index (Phi) is 7.84. The third-order valence-electron chi connectivity index (χ3n) is 6.53. The highest BCUT2D eigenvalue weighted by atomic mass is 16.5. The SMILES string of the molecule is CCC(C)(C)C(=O)C(=O)N1CCC[C@H]1C(=O)OCCC(c1ccccc1)c1ccccc1. The lowest BCUT2D eigenvalue weighted by Gasteiger charge is -2.27. The summed E-state index contributed by atoms with van der Waals surface area (Å²) in [5, 5.41) is 0. The van der Waals surface area contributed by atoms with Crippen molar-refractivity contribution < 1.29 is 19.1 Å². The summed E-state index contributed by atoms with van der Waals surface area (Å²) in [4.78, 5) is 39.7. The summed E-state index contributed by atoms with van der Waals surface area (Å²) in [6.07, 6.45) is 2.44. The monoisotopic (exact) mass is 435 g/mol. The van der Waals surface area contributed by atoms with Crippen molar-refractivity contribution in [1.29, 1.82) is 0 Å². The first-order valence-electron chi connectivity index (χ1n) is 11.5. The summed E-state index contributed by atoms with van der Waals surface area (Å²) >= 11 is 0. The summed E-state index contributed by atoms with van der Waals surface area (Å²) in [5.74, 6) is -1.31. The molecule has 0 aliphatic carbocycles. The van der Waals surface area contributed by atoms with Crippen molar-refractivity contribution in [3.8, 4) is 0 Å². The molecule has 2 aromatic rings. The molecule has 32 heavy (non-hydrogen) atoms. The normalized spacial score (nSPS) is 16.2. The molecule has 2 aromatic carbocycles. The average Bonchev–Trinajstić information content (AvgIpc) is 3.32. The highest BCUT2D eigenvalue weighted by molar-refractivity contribution is 6.38. The zero-order chi connectivity index (χ0) is 23.1. The molecule has 5 nitrogen and oxygen atoms in total. The average molecular weight is 436 g/mol. The number of carbonyl (C=O) groups excluding carboxylic acids is 3. The molecule has 1 heterocycles. The van der Waals surface area contributed by atoms with Crippen molar-refractivity contribution in [1.82, 2.24) is 4.90 Å². The van der Waals surface area contributed by atoms with Gasteiger partial charge in [0.2, 0.25) is 5.78 Å². The van der Waals surface area contributed by atoms with Crippen molar-refractivity contribution >= 4 is 17.7 Å². The minimum atomic E-state index is -0.729. The first-order valence-corrected chi connectivity index (χ1v) is 11.5. The standard InChI is InChI=1S/C27H33NO4/c1-4-27(2,3)24(29)25(30)28-18-11-16-23(28)26(31)32-19-17-22(20-12-7-5-8-13-20)21-14-9-6-10-15-21/h5-10,12-15,22-23H,4,11,16-19H2,1-3H3/t23-/m0/s1. The lowest BCUT2D eigenvalue weighted by molar-refractivity contribution is -0.157. The number of amides is 1. The van der Waals surface area contributed by atoms with E-state index < -0.39 is 29.1 Å². The topological polar surface area (TPSA) is 63.7 Å². The second kappa shape index (κ2) is 10.6. The number of Topliss-reactive ketones (excluding diaryl/α,β-unsaturated/α-hetero) is 1. The van der Waals surface area contributed by atoms with E-state index in [9.17, 15) is 14.4 Å². The predicted octanol–water partition coefficient (Wildman–Crippen LogP) is 4.75. The van der Waals surface area contributed by atoms with E-state index in [1.54, 1.807) is 13.8 Å². The molecule has 170 valence electrons. The van der Waals surface area contributed by atoms with Crippen LogP contribution in [0.15, 0.2) is 60.7 Å². The number of likely N-dealkylation sites (tertiary alicyclic amines) is 1. The lowest BCUT2D eigenvalue weighted by atomic mass is 9.84. The zero-order valence-corrected chi connectivity index (χ0v) is 19.3. The van der Waals surface area contributed by atoms with E-state index in [-0.39, 0.29) is 12.5 Å². The number of hydrogen-bond donors (Lipinski definition) is 0. The van der Waals surface area contributed by atoms with Crippen molar-refractivity contribution in [2.75, 3.05) is 13.2 Å². The number of nitrogens with zero attached hydrogens (tertiary/aromatic N) is 1. The molecule has 0 spiro atoms. The summed E-state index contributed by atoms with van der Waals surface area (Å²) in [6.45, 7) is 6.09. The Balaban J connectivity index is 1.64. The zero-order valence-electron chi connectivity index (χ0n) is 19.3. The minimum absolute atomic E-state index is 0.110. The number of ketones is 1. The van der Waals surface area contributed by atoms with E-state index >= 15 is 0 Å². The second-order valence-electron chi connectivity index (χ2n) is 9.05. The molecular weight excluding hydrogens is 402 g/mol. The maximum absolute atomic E-state index is 12.8. The van der Waals surface area contributed by atoms with Gasteiger partial charge in [-0.25, -0.2) is 4.79 Å². The van der Waals surface area contributed by atoms with Crippen LogP contribution in [-0.2, 0) is 19.1 Å². The Morgan fingerprint density at radius 3 is 2.09 bits per heavy atom. The summed E-state index contributed by atoms with van der Waals surface area (Å²) in [6, 6.07) is 19.7. The summed E-state index contributed by atoms with van der Waals surface area (Å²) in [5.41, 5.74) is 1.60. The number of hydrogen-bond acceptors (Lipinski definition) is 4. The van der Waals surface area contributed by atoms with Gasteiger partial charge in [0.15, 0.2) is 0 Å². The number of carbonyl (C=O) groups is 3. The molecule has 0 bridgehead atoms. The van der Waals surface area contributed by atoms with Crippen LogP contribution < -0.4 is 0 Å². The van der Waals surface area contributed by atoms with Crippen LogP contribution in [0.1, 0.15) is 63.5 Å². The fraction of sp³-hybridized carbons (Fsp3) is 0.444. The molecule has 3 rings (SSSR count). The van der Waals surface area contributed by atoms with E-state index in [4.69, 9.17) is 4.74 Å². The molecule has 1 saturated heterocycles. The van der Waals surface area contributed by atoms with E-state index in [0.29, 0.717) is 32.2 Å². The molecule has 0 radical (unpaired) electrons. The van der Waals surface area contributed by atoms with Gasteiger partial charge in [-0.05, 0) is 36.8 Å². The highest BCUT2D eigenvalue weighted by Gasteiger charge is 2.41. The molecule has 1 fully saturated rings. The predicted molar refractivity (Wildman–Crippen MR) is 124 cm³/mol. The van der Waals surface area contributed by atoms with Gasteiger partial charge in [-0.2, -0.15) is 0 Å². The minimum Gasteiger partial charge on any atom is -0.464 e. The largest absolute Gasteiger partial charge is 0.464 e. The maximum Gasteiger partial charge on any atom is 0.328 e. The van der Waals surface area contributed by atoms with Crippen LogP contribution in [0, 0.1) is 5.41 Å². The van der Waals surface area contributed by atoms with Crippen molar-refractivity contribution in [2.45, 2.75) is 58.4 Å². The highest BCUT2D eigenvalue weighted by Crippen LogP contribution is 2.29. The Hall–Kier alpha value is -2.95. The van der Waals surface area contributed by atoms with Gasteiger partial charge >= 0.3 is 5.97 Å². The molecule has 5 heteroatoms. The Morgan fingerprint density at radius 1 is 1.00 bits per heavy atom. The maximum atomic E-state index is 12.8. The molecule has 1 atom stereocenters. The number of rotatable bonds is 9. The Morgan fingerprint density at radius 2 is 1.56 bits per heavy atom. The van der Waals surface area contributed by atoms with E-state index in [2.05, 4.69) is 24.3 Å². The molecule has 0 saturated carbocycles. The molecule has 0 N–H and O–H groups in total. The summed E-state index contributed by atoms with van der Waals surface area (Å²) < 4.78 is 5.63. The van der Waals surface area contributed by atoms with Gasteiger partial charge < -0.3 is 9.64 Å². The quantitative estimate of drug-likeness (QED) is 0.421. The van der Waals surface area contributed by atoms with Gasteiger partial charge in [0, 0.05) is 17.9 Å². The van der Waals surface area contributed by atoms with Crippen LogP contribution in [-0.4, -0.2) is 41.8 Å². The fourth-order valence-electron chi connectivity index (χ4n) is 4.11. The van der Waals surface area contributed by atoms with Gasteiger partial charge in [-0.1, -0.05) is 81.4 Å². The third-order valence-corrected chi connectivity index (χ3v) is 6.53. The van der Waals surface area contributed by atoms with Crippen LogP contribution >= 0.6 is 0 Å². The molecule has 0 unspecified atom stereocenters. The first-order chi connectivity index (χ1) is 15.3. The van der Waals surface area contributed by atoms with Crippen LogP contribution in [0.4, 0.5) is 0 Å². The number of benzene rings is 2. The molecule has 1 aliphatic heterocycles. The lowest BCUT2D eigenvalue weighted by Crippen LogP contribution is -2.48. The van der Waals surface area contributed by atoms with Crippen LogP contribution in [0.5, 0.6) is 0 Å². The third kappa shape index (κ3) is 5.45. The van der Waals surface area contributed by atoms with Gasteiger partial charge in [0.1, 0.15) is 6.04 Å². The van der Waals surface area contributed by atoms with Crippen molar-refractivity contribution in [3.05, 3.63) is 71.8 Å². The van der Waals surface area contributed by atoms with Crippen LogP contribution in [0.3, 0.4) is 0 Å².